The van der Waals surface area contributed by atoms with Crippen molar-refractivity contribution in [3.8, 4) is 11.5 Å². The Morgan fingerprint density at radius 3 is 3.11 bits per heavy atom. The molecule has 1 atom stereocenters. The largest absolute Gasteiger partial charge is 0.454 e. The van der Waals surface area contributed by atoms with Gasteiger partial charge in [-0.3, -0.25) is 0 Å². The van der Waals surface area contributed by atoms with E-state index in [9.17, 15) is 0 Å². The molecule has 0 amide bonds. The molecule has 0 saturated carbocycles. The minimum atomic E-state index is 0.0794. The summed E-state index contributed by atoms with van der Waals surface area (Å²) < 4.78 is 11.8. The van der Waals surface area contributed by atoms with Crippen LogP contribution >= 0.6 is 27.3 Å². The van der Waals surface area contributed by atoms with E-state index in [0.29, 0.717) is 0 Å². The monoisotopic (exact) mass is 340 g/mol. The summed E-state index contributed by atoms with van der Waals surface area (Å²) >= 11 is 5.18. The molecule has 2 aromatic rings. The summed E-state index contributed by atoms with van der Waals surface area (Å²) in [4.78, 5) is 4.40. The Morgan fingerprint density at radius 2 is 2.37 bits per heavy atom. The lowest BCUT2D eigenvalue weighted by Crippen LogP contribution is -2.21. The van der Waals surface area contributed by atoms with Crippen LogP contribution in [-0.2, 0) is 0 Å². The molecule has 1 aromatic carbocycles. The first kappa shape index (κ1) is 12.9. The van der Waals surface area contributed by atoms with E-state index in [-0.39, 0.29) is 12.8 Å². The van der Waals surface area contributed by atoms with E-state index in [1.807, 2.05) is 17.6 Å². The van der Waals surface area contributed by atoms with Crippen LogP contribution < -0.4 is 14.8 Å². The first-order chi connectivity index (χ1) is 9.29. The Bertz CT molecular complexity index is 574. The summed E-state index contributed by atoms with van der Waals surface area (Å²) in [5.74, 6) is 1.56. The van der Waals surface area contributed by atoms with Crippen molar-refractivity contribution in [2.24, 2.45) is 0 Å². The van der Waals surface area contributed by atoms with Gasteiger partial charge in [0, 0.05) is 11.6 Å². The summed E-state index contributed by atoms with van der Waals surface area (Å²) in [6.45, 7) is 3.24. The topological polar surface area (TPSA) is 43.4 Å². The van der Waals surface area contributed by atoms with Crippen LogP contribution in [0.1, 0.15) is 23.5 Å². The van der Waals surface area contributed by atoms with Gasteiger partial charge in [-0.25, -0.2) is 4.98 Å². The molecule has 0 fully saturated rings. The average Bonchev–Trinajstić information content (AvgIpc) is 3.06. The number of benzene rings is 1. The van der Waals surface area contributed by atoms with Crippen molar-refractivity contribution in [2.75, 3.05) is 13.3 Å². The molecular weight excluding hydrogens is 328 g/mol. The van der Waals surface area contributed by atoms with Crippen LogP contribution in [0, 0.1) is 0 Å². The van der Waals surface area contributed by atoms with Gasteiger partial charge in [-0.2, -0.15) is 0 Å². The summed E-state index contributed by atoms with van der Waals surface area (Å²) in [6.07, 6.45) is 1.83. The first-order valence-corrected chi connectivity index (χ1v) is 7.68. The first-order valence-electron chi connectivity index (χ1n) is 6.01. The number of thiazole rings is 1. The number of rotatable bonds is 4. The third-order valence-corrected chi connectivity index (χ3v) is 4.32. The van der Waals surface area contributed by atoms with Crippen molar-refractivity contribution < 1.29 is 9.47 Å². The molecule has 1 aliphatic heterocycles. The maximum Gasteiger partial charge on any atom is 0.231 e. The van der Waals surface area contributed by atoms with Crippen LogP contribution in [0.5, 0.6) is 11.5 Å². The lowest BCUT2D eigenvalue weighted by Gasteiger charge is -2.16. The highest BCUT2D eigenvalue weighted by Crippen LogP contribution is 2.42. The third-order valence-electron chi connectivity index (χ3n) is 2.89. The summed E-state index contributed by atoms with van der Waals surface area (Å²) in [5, 5.41) is 6.49. The van der Waals surface area contributed by atoms with Gasteiger partial charge >= 0.3 is 0 Å². The van der Waals surface area contributed by atoms with E-state index in [0.717, 1.165) is 33.1 Å². The van der Waals surface area contributed by atoms with Gasteiger partial charge in [0.05, 0.1) is 10.5 Å². The zero-order chi connectivity index (χ0) is 13.2. The molecule has 1 aliphatic rings. The van der Waals surface area contributed by atoms with E-state index in [2.05, 4.69) is 39.2 Å². The summed E-state index contributed by atoms with van der Waals surface area (Å²) in [6, 6.07) is 4.15. The summed E-state index contributed by atoms with van der Waals surface area (Å²) in [7, 11) is 0. The Morgan fingerprint density at radius 1 is 1.47 bits per heavy atom. The number of halogens is 1. The fourth-order valence-corrected chi connectivity index (χ4v) is 3.40. The van der Waals surface area contributed by atoms with Gasteiger partial charge < -0.3 is 14.8 Å². The van der Waals surface area contributed by atoms with Crippen LogP contribution in [0.2, 0.25) is 0 Å². The number of aromatic nitrogens is 1. The number of nitrogens with zero attached hydrogens (tertiary/aromatic N) is 1. The maximum atomic E-state index is 5.47. The standard InChI is InChI=1S/C13H13BrN2O2S/c1-2-15-11(13-16-3-4-19-13)8-5-9(14)12-10(6-8)17-7-18-12/h3-6,11,15H,2,7H2,1H3. The zero-order valence-electron chi connectivity index (χ0n) is 10.4. The van der Waals surface area contributed by atoms with Crippen LogP contribution in [0.4, 0.5) is 0 Å². The highest BCUT2D eigenvalue weighted by Gasteiger charge is 2.23. The van der Waals surface area contributed by atoms with Crippen molar-refractivity contribution in [1.29, 1.82) is 0 Å². The number of hydrogen-bond donors (Lipinski definition) is 1. The van der Waals surface area contributed by atoms with Gasteiger partial charge in [0.2, 0.25) is 6.79 Å². The molecule has 2 heterocycles. The minimum Gasteiger partial charge on any atom is -0.454 e. The van der Waals surface area contributed by atoms with Crippen LogP contribution in [0.3, 0.4) is 0 Å². The van der Waals surface area contributed by atoms with Crippen LogP contribution in [0.25, 0.3) is 0 Å². The predicted octanol–water partition coefficient (Wildman–Crippen LogP) is 3.33. The van der Waals surface area contributed by atoms with Crippen LogP contribution in [-0.4, -0.2) is 18.3 Å². The molecule has 3 rings (SSSR count). The van der Waals surface area contributed by atoms with Gasteiger partial charge in [-0.05, 0) is 40.2 Å². The van der Waals surface area contributed by atoms with E-state index in [1.54, 1.807) is 11.3 Å². The quantitative estimate of drug-likeness (QED) is 0.926. The molecule has 0 saturated heterocycles. The number of fused-ring (bicyclic) bond motifs is 1. The molecule has 100 valence electrons. The number of ether oxygens (including phenoxy) is 2. The second kappa shape index (κ2) is 5.48. The molecule has 1 aromatic heterocycles. The SMILES string of the molecule is CCNC(c1cc(Br)c2c(c1)OCO2)c1nccs1. The number of hydrogen-bond acceptors (Lipinski definition) is 5. The van der Waals surface area contributed by atoms with Gasteiger partial charge in [0.15, 0.2) is 11.5 Å². The van der Waals surface area contributed by atoms with Gasteiger partial charge in [-0.1, -0.05) is 6.92 Å². The van der Waals surface area contributed by atoms with Crippen LogP contribution in [0.15, 0.2) is 28.2 Å². The van der Waals surface area contributed by atoms with Gasteiger partial charge in [-0.15, -0.1) is 11.3 Å². The highest BCUT2D eigenvalue weighted by molar-refractivity contribution is 9.10. The second-order valence-corrected chi connectivity index (χ2v) is 5.88. The molecule has 0 bridgehead atoms. The Kier molecular flexibility index (Phi) is 3.72. The fourth-order valence-electron chi connectivity index (χ4n) is 2.08. The molecule has 0 spiro atoms. The third kappa shape index (κ3) is 2.48. The molecule has 6 heteroatoms. The molecule has 19 heavy (non-hydrogen) atoms. The van der Waals surface area contributed by atoms with E-state index in [4.69, 9.17) is 9.47 Å². The Hall–Kier alpha value is -1.11. The molecule has 4 nitrogen and oxygen atoms in total. The van der Waals surface area contributed by atoms with Gasteiger partial charge in [0.1, 0.15) is 5.01 Å². The van der Waals surface area contributed by atoms with Crippen molar-refractivity contribution >= 4 is 27.3 Å². The lowest BCUT2D eigenvalue weighted by molar-refractivity contribution is 0.173. The second-order valence-electron chi connectivity index (χ2n) is 4.10. The smallest absolute Gasteiger partial charge is 0.231 e. The minimum absolute atomic E-state index is 0.0794. The molecule has 1 N–H and O–H groups in total. The maximum absolute atomic E-state index is 5.47. The van der Waals surface area contributed by atoms with Crippen molar-refractivity contribution in [3.63, 3.8) is 0 Å². The Labute approximate surface area is 123 Å². The molecular formula is C13H13BrN2O2S. The molecule has 0 radical (unpaired) electrons. The van der Waals surface area contributed by atoms with Gasteiger partial charge in [0.25, 0.3) is 0 Å². The Balaban J connectivity index is 2.01. The average molecular weight is 341 g/mol. The lowest BCUT2D eigenvalue weighted by atomic mass is 10.1. The zero-order valence-corrected chi connectivity index (χ0v) is 12.8. The van der Waals surface area contributed by atoms with Crippen molar-refractivity contribution in [3.05, 3.63) is 38.8 Å². The fraction of sp³-hybridized carbons (Fsp3) is 0.308. The van der Waals surface area contributed by atoms with Crippen molar-refractivity contribution in [2.45, 2.75) is 13.0 Å². The van der Waals surface area contributed by atoms with Crippen molar-refractivity contribution in [1.82, 2.24) is 10.3 Å². The predicted molar refractivity (Wildman–Crippen MR) is 77.9 cm³/mol. The van der Waals surface area contributed by atoms with E-state index >= 15 is 0 Å². The molecule has 0 aliphatic carbocycles. The normalized spacial score (nSPS) is 14.6. The van der Waals surface area contributed by atoms with E-state index < -0.39 is 0 Å². The molecule has 1 unspecified atom stereocenters. The highest BCUT2D eigenvalue weighted by atomic mass is 79.9. The van der Waals surface area contributed by atoms with E-state index in [1.165, 1.54) is 0 Å². The summed E-state index contributed by atoms with van der Waals surface area (Å²) in [5.41, 5.74) is 1.12. The number of nitrogens with one attached hydrogen (secondary N) is 1.